The van der Waals surface area contributed by atoms with Crippen molar-refractivity contribution >= 4 is 36.5 Å². The summed E-state index contributed by atoms with van der Waals surface area (Å²) in [6, 6.07) is 23.2. The van der Waals surface area contributed by atoms with Gasteiger partial charge in [-0.05, 0) is 66.3 Å². The Morgan fingerprint density at radius 2 is 0.886 bits per heavy atom. The SMILES string of the molecule is CCCCCc1cc(CCc2ccc(C(=N)N)cc2)cc(CCc2ccc(C(=N)N)cc2)c1.Cl.Cl. The van der Waals surface area contributed by atoms with E-state index in [4.69, 9.17) is 22.3 Å². The molecule has 0 fully saturated rings. The van der Waals surface area contributed by atoms with Crippen molar-refractivity contribution in [3.05, 3.63) is 106 Å². The number of nitrogens with two attached hydrogens (primary N) is 2. The van der Waals surface area contributed by atoms with E-state index in [1.807, 2.05) is 24.3 Å². The molecule has 6 heteroatoms. The standard InChI is InChI=1S/C29H36N4.2ClH/c1-2-3-4-5-23-18-24(8-6-21-10-14-26(15-11-21)28(30)31)20-25(19-23)9-7-22-12-16-27(17-13-22)29(32)33;;/h10-20H,2-9H2,1H3,(H3,30,31)(H3,32,33);2*1H. The quantitative estimate of drug-likeness (QED) is 0.128. The van der Waals surface area contributed by atoms with Gasteiger partial charge in [-0.1, -0.05) is 86.5 Å². The number of nitrogens with one attached hydrogen (secondary N) is 2. The minimum Gasteiger partial charge on any atom is -0.384 e. The highest BCUT2D eigenvalue weighted by Crippen LogP contribution is 2.18. The molecule has 35 heavy (non-hydrogen) atoms. The predicted octanol–water partition coefficient (Wildman–Crippen LogP) is 6.40. The second-order valence-electron chi connectivity index (χ2n) is 8.84. The molecule has 0 amide bonds. The number of nitrogen functional groups attached to an aromatic ring is 2. The number of halogens is 2. The molecule has 0 radical (unpaired) electrons. The van der Waals surface area contributed by atoms with Crippen molar-refractivity contribution in [3.8, 4) is 0 Å². The van der Waals surface area contributed by atoms with Crippen LogP contribution in [0.15, 0.2) is 66.7 Å². The maximum Gasteiger partial charge on any atom is 0.122 e. The van der Waals surface area contributed by atoms with E-state index >= 15 is 0 Å². The molecule has 6 N–H and O–H groups in total. The predicted molar refractivity (Wildman–Crippen MR) is 154 cm³/mol. The van der Waals surface area contributed by atoms with E-state index in [-0.39, 0.29) is 36.5 Å². The van der Waals surface area contributed by atoms with Crippen molar-refractivity contribution in [2.45, 2.75) is 58.3 Å². The van der Waals surface area contributed by atoms with Gasteiger partial charge in [0.1, 0.15) is 11.7 Å². The summed E-state index contributed by atoms with van der Waals surface area (Å²) in [5.74, 6) is 0.226. The minimum absolute atomic E-state index is 0. The first-order valence-electron chi connectivity index (χ1n) is 11.9. The lowest BCUT2D eigenvalue weighted by atomic mass is 9.94. The average molecular weight is 514 g/mol. The Kier molecular flexibility index (Phi) is 13.1. The third kappa shape index (κ3) is 9.75. The van der Waals surface area contributed by atoms with Crippen LogP contribution in [-0.4, -0.2) is 11.7 Å². The van der Waals surface area contributed by atoms with Gasteiger partial charge in [-0.15, -0.1) is 24.8 Å². The Bertz CT molecular complexity index is 997. The minimum atomic E-state index is 0. The van der Waals surface area contributed by atoms with Gasteiger partial charge in [-0.25, -0.2) is 0 Å². The monoisotopic (exact) mass is 512 g/mol. The van der Waals surface area contributed by atoms with Crippen LogP contribution in [0.4, 0.5) is 0 Å². The van der Waals surface area contributed by atoms with Gasteiger partial charge in [0.25, 0.3) is 0 Å². The molecule has 0 aromatic heterocycles. The van der Waals surface area contributed by atoms with E-state index in [0.29, 0.717) is 0 Å². The van der Waals surface area contributed by atoms with Crippen molar-refractivity contribution in [2.24, 2.45) is 11.5 Å². The van der Waals surface area contributed by atoms with Gasteiger partial charge < -0.3 is 11.5 Å². The first-order chi connectivity index (χ1) is 15.9. The summed E-state index contributed by atoms with van der Waals surface area (Å²) < 4.78 is 0. The van der Waals surface area contributed by atoms with Crippen molar-refractivity contribution in [2.75, 3.05) is 0 Å². The zero-order chi connectivity index (χ0) is 23.6. The highest BCUT2D eigenvalue weighted by molar-refractivity contribution is 5.95. The second kappa shape index (κ2) is 15.2. The van der Waals surface area contributed by atoms with Gasteiger partial charge in [0.15, 0.2) is 0 Å². The molecule has 0 heterocycles. The molecule has 0 aliphatic carbocycles. The average Bonchev–Trinajstić information content (AvgIpc) is 2.82. The van der Waals surface area contributed by atoms with Crippen LogP contribution in [0.3, 0.4) is 0 Å². The molecule has 0 bridgehead atoms. The number of unbranched alkanes of at least 4 members (excludes halogenated alkanes) is 2. The van der Waals surface area contributed by atoms with Crippen LogP contribution in [0.25, 0.3) is 0 Å². The van der Waals surface area contributed by atoms with Crippen LogP contribution < -0.4 is 11.5 Å². The number of hydrogen-bond donors (Lipinski definition) is 4. The van der Waals surface area contributed by atoms with Gasteiger partial charge in [0.05, 0.1) is 0 Å². The summed E-state index contributed by atoms with van der Waals surface area (Å²) in [5.41, 5.74) is 19.4. The van der Waals surface area contributed by atoms with Crippen molar-refractivity contribution in [1.82, 2.24) is 0 Å². The van der Waals surface area contributed by atoms with Gasteiger partial charge in [0.2, 0.25) is 0 Å². The van der Waals surface area contributed by atoms with Crippen LogP contribution in [0.1, 0.15) is 65.1 Å². The fourth-order valence-corrected chi connectivity index (χ4v) is 4.13. The number of aryl methyl sites for hydroxylation is 5. The van der Waals surface area contributed by atoms with E-state index in [1.165, 1.54) is 47.1 Å². The molecule has 3 aromatic rings. The van der Waals surface area contributed by atoms with Crippen LogP contribution in [0.2, 0.25) is 0 Å². The summed E-state index contributed by atoms with van der Waals surface area (Å²) in [4.78, 5) is 0. The first kappa shape index (κ1) is 30.2. The van der Waals surface area contributed by atoms with Crippen LogP contribution in [0, 0.1) is 10.8 Å². The Morgan fingerprint density at radius 3 is 1.23 bits per heavy atom. The highest BCUT2D eigenvalue weighted by Gasteiger charge is 2.05. The lowest BCUT2D eigenvalue weighted by Gasteiger charge is -2.11. The lowest BCUT2D eigenvalue weighted by molar-refractivity contribution is 0.716. The molecule has 4 nitrogen and oxygen atoms in total. The van der Waals surface area contributed by atoms with Gasteiger partial charge in [-0.2, -0.15) is 0 Å². The van der Waals surface area contributed by atoms with E-state index in [9.17, 15) is 0 Å². The van der Waals surface area contributed by atoms with Crippen LogP contribution >= 0.6 is 24.8 Å². The maximum absolute atomic E-state index is 7.55. The fourth-order valence-electron chi connectivity index (χ4n) is 4.13. The van der Waals surface area contributed by atoms with Crippen molar-refractivity contribution in [1.29, 1.82) is 10.8 Å². The van der Waals surface area contributed by atoms with E-state index < -0.39 is 0 Å². The van der Waals surface area contributed by atoms with Gasteiger partial charge in [-0.3, -0.25) is 10.8 Å². The molecule has 0 unspecified atom stereocenters. The van der Waals surface area contributed by atoms with E-state index in [2.05, 4.69) is 49.4 Å². The zero-order valence-corrected chi connectivity index (χ0v) is 22.1. The topological polar surface area (TPSA) is 99.7 Å². The summed E-state index contributed by atoms with van der Waals surface area (Å²) >= 11 is 0. The summed E-state index contributed by atoms with van der Waals surface area (Å²) in [5, 5.41) is 15.1. The van der Waals surface area contributed by atoms with Crippen LogP contribution in [-0.2, 0) is 32.1 Å². The first-order valence-corrected chi connectivity index (χ1v) is 11.9. The molecule has 0 saturated heterocycles. The molecule has 0 spiro atoms. The molecule has 3 aromatic carbocycles. The number of amidine groups is 2. The van der Waals surface area contributed by atoms with Gasteiger partial charge in [0, 0.05) is 11.1 Å². The maximum atomic E-state index is 7.55. The highest BCUT2D eigenvalue weighted by atomic mass is 35.5. The van der Waals surface area contributed by atoms with Crippen molar-refractivity contribution < 1.29 is 0 Å². The molecule has 0 saturated carbocycles. The van der Waals surface area contributed by atoms with E-state index in [0.717, 1.165) is 43.2 Å². The Balaban J connectivity index is 0.00000306. The Hall–Kier alpha value is -2.82. The number of benzene rings is 3. The normalized spacial score (nSPS) is 10.2. The summed E-state index contributed by atoms with van der Waals surface area (Å²) in [6.07, 6.45) is 8.82. The van der Waals surface area contributed by atoms with Crippen molar-refractivity contribution in [3.63, 3.8) is 0 Å². The smallest absolute Gasteiger partial charge is 0.122 e. The number of rotatable bonds is 12. The number of hydrogen-bond acceptors (Lipinski definition) is 2. The zero-order valence-electron chi connectivity index (χ0n) is 20.5. The van der Waals surface area contributed by atoms with Gasteiger partial charge >= 0.3 is 0 Å². The molecule has 3 rings (SSSR count). The third-order valence-corrected chi connectivity index (χ3v) is 6.12. The Labute approximate surface area is 222 Å². The third-order valence-electron chi connectivity index (χ3n) is 6.12. The van der Waals surface area contributed by atoms with Crippen LogP contribution in [0.5, 0.6) is 0 Å². The Morgan fingerprint density at radius 1 is 0.543 bits per heavy atom. The summed E-state index contributed by atoms with van der Waals surface area (Å²) in [7, 11) is 0. The summed E-state index contributed by atoms with van der Waals surface area (Å²) in [6.45, 7) is 2.25. The second-order valence-corrected chi connectivity index (χ2v) is 8.84. The lowest BCUT2D eigenvalue weighted by Crippen LogP contribution is -2.10. The molecular weight excluding hydrogens is 475 g/mol. The molecule has 0 aliphatic rings. The molecular formula is C29H38Cl2N4. The molecule has 188 valence electrons. The fraction of sp³-hybridized carbons (Fsp3) is 0.310. The molecule has 0 aliphatic heterocycles. The largest absolute Gasteiger partial charge is 0.384 e. The van der Waals surface area contributed by atoms with E-state index in [1.54, 1.807) is 0 Å². The molecule has 0 atom stereocenters.